The Kier molecular flexibility index (Phi) is 6.84. The summed E-state index contributed by atoms with van der Waals surface area (Å²) in [6.45, 7) is 6.54. The summed E-state index contributed by atoms with van der Waals surface area (Å²) < 4.78 is 13.5. The van der Waals surface area contributed by atoms with E-state index in [0.717, 1.165) is 72.3 Å². The maximum absolute atomic E-state index is 13.5. The van der Waals surface area contributed by atoms with Crippen LogP contribution in [-0.4, -0.2) is 48.7 Å². The molecule has 2 aromatic heterocycles. The third-order valence-corrected chi connectivity index (χ3v) is 6.26. The number of hydrogen-bond donors (Lipinski definition) is 3. The van der Waals surface area contributed by atoms with E-state index in [4.69, 9.17) is 4.98 Å². The fraction of sp³-hybridized carbons (Fsp3) is 0.455. The lowest BCUT2D eigenvalue weighted by Crippen LogP contribution is -2.38. The Balaban J connectivity index is 1.28. The van der Waals surface area contributed by atoms with E-state index in [1.807, 2.05) is 6.20 Å². The highest BCUT2D eigenvalue weighted by atomic mass is 32.1. The van der Waals surface area contributed by atoms with E-state index in [1.54, 1.807) is 23.5 Å². The molecule has 0 aliphatic carbocycles. The highest BCUT2D eigenvalue weighted by molar-refractivity contribution is 7.13. The zero-order chi connectivity index (χ0) is 20.8. The SMILES string of the molecule is CCNC(=NCCc1csc(N2CCCC2)n1)NCCc1c[nH]c2ccc(F)cc12. The highest BCUT2D eigenvalue weighted by Crippen LogP contribution is 2.24. The lowest BCUT2D eigenvalue weighted by Gasteiger charge is -2.12. The van der Waals surface area contributed by atoms with Gasteiger partial charge in [-0.3, -0.25) is 4.99 Å². The van der Waals surface area contributed by atoms with Crippen LogP contribution in [0.15, 0.2) is 34.8 Å². The van der Waals surface area contributed by atoms with Gasteiger partial charge in [0.05, 0.1) is 5.69 Å². The molecule has 0 bridgehead atoms. The van der Waals surface area contributed by atoms with Gasteiger partial charge < -0.3 is 20.5 Å². The molecule has 4 rings (SSSR count). The number of anilines is 1. The number of rotatable bonds is 8. The fourth-order valence-corrected chi connectivity index (χ4v) is 4.68. The molecule has 0 unspecified atom stereocenters. The topological polar surface area (TPSA) is 68.3 Å². The van der Waals surface area contributed by atoms with Crippen LogP contribution in [-0.2, 0) is 12.8 Å². The summed E-state index contributed by atoms with van der Waals surface area (Å²) in [5, 5.41) is 10.9. The lowest BCUT2D eigenvalue weighted by molar-refractivity contribution is 0.629. The first kappa shape index (κ1) is 20.7. The summed E-state index contributed by atoms with van der Waals surface area (Å²) in [6, 6.07) is 4.85. The number of fused-ring (bicyclic) bond motifs is 1. The molecule has 1 aliphatic rings. The van der Waals surface area contributed by atoms with Crippen LogP contribution >= 0.6 is 11.3 Å². The van der Waals surface area contributed by atoms with Crippen molar-refractivity contribution in [2.45, 2.75) is 32.6 Å². The van der Waals surface area contributed by atoms with E-state index >= 15 is 0 Å². The number of guanidine groups is 1. The zero-order valence-corrected chi connectivity index (χ0v) is 18.2. The van der Waals surface area contributed by atoms with Crippen LogP contribution in [0.1, 0.15) is 31.0 Å². The standard InChI is InChI=1S/C22H29FN6S/c1-2-24-21(25-9-7-16-14-27-20-6-5-17(23)13-19(16)20)26-10-8-18-15-30-22(28-18)29-11-3-4-12-29/h5-6,13-15,27H,2-4,7-12H2,1H3,(H2,24,25,26). The number of nitrogens with zero attached hydrogens (tertiary/aromatic N) is 3. The first-order valence-electron chi connectivity index (χ1n) is 10.7. The van der Waals surface area contributed by atoms with Gasteiger partial charge in [0.15, 0.2) is 11.1 Å². The van der Waals surface area contributed by atoms with Crippen molar-refractivity contribution in [3.8, 4) is 0 Å². The molecule has 0 spiro atoms. The Hall–Kier alpha value is -2.61. The van der Waals surface area contributed by atoms with Crippen LogP contribution < -0.4 is 15.5 Å². The molecular formula is C22H29FN6S. The quantitative estimate of drug-likeness (QED) is 0.378. The molecule has 3 aromatic rings. The minimum absolute atomic E-state index is 0.207. The van der Waals surface area contributed by atoms with E-state index in [9.17, 15) is 4.39 Å². The number of nitrogens with one attached hydrogen (secondary N) is 3. The molecule has 6 nitrogen and oxygen atoms in total. The minimum atomic E-state index is -0.207. The summed E-state index contributed by atoms with van der Waals surface area (Å²) in [5.41, 5.74) is 3.18. The Morgan fingerprint density at radius 2 is 2.13 bits per heavy atom. The highest BCUT2D eigenvalue weighted by Gasteiger charge is 2.15. The van der Waals surface area contributed by atoms with Crippen molar-refractivity contribution in [3.63, 3.8) is 0 Å². The van der Waals surface area contributed by atoms with E-state index in [1.165, 1.54) is 18.9 Å². The second-order valence-electron chi connectivity index (χ2n) is 7.51. The zero-order valence-electron chi connectivity index (χ0n) is 17.4. The molecule has 160 valence electrons. The molecule has 0 amide bonds. The van der Waals surface area contributed by atoms with Crippen molar-refractivity contribution in [3.05, 3.63) is 46.9 Å². The average molecular weight is 429 g/mol. The van der Waals surface area contributed by atoms with Crippen LogP contribution in [0.25, 0.3) is 10.9 Å². The summed E-state index contributed by atoms with van der Waals surface area (Å²) in [6.07, 6.45) is 6.12. The van der Waals surface area contributed by atoms with Gasteiger partial charge in [-0.05, 0) is 49.9 Å². The third-order valence-electron chi connectivity index (χ3n) is 5.31. The predicted octanol–water partition coefficient (Wildman–Crippen LogP) is 3.70. The maximum atomic E-state index is 13.5. The van der Waals surface area contributed by atoms with Crippen LogP contribution in [0.3, 0.4) is 0 Å². The Bertz CT molecular complexity index is 989. The van der Waals surface area contributed by atoms with E-state index in [-0.39, 0.29) is 5.82 Å². The summed E-state index contributed by atoms with van der Waals surface area (Å²) in [4.78, 5) is 15.0. The van der Waals surface area contributed by atoms with Gasteiger partial charge in [0.1, 0.15) is 5.82 Å². The number of thiazole rings is 1. The maximum Gasteiger partial charge on any atom is 0.191 e. The fourth-order valence-electron chi connectivity index (χ4n) is 3.76. The Labute approximate surface area is 180 Å². The normalized spacial score (nSPS) is 14.6. The molecule has 1 aromatic carbocycles. The Morgan fingerprint density at radius 3 is 2.97 bits per heavy atom. The van der Waals surface area contributed by atoms with Gasteiger partial charge in [-0.25, -0.2) is 9.37 Å². The molecule has 1 aliphatic heterocycles. The molecule has 30 heavy (non-hydrogen) atoms. The van der Waals surface area contributed by atoms with Crippen molar-refractivity contribution in [2.75, 3.05) is 37.6 Å². The van der Waals surface area contributed by atoms with Crippen LogP contribution in [0.5, 0.6) is 0 Å². The molecule has 0 saturated carbocycles. The first-order valence-corrected chi connectivity index (χ1v) is 11.6. The molecule has 8 heteroatoms. The van der Waals surface area contributed by atoms with E-state index < -0.39 is 0 Å². The van der Waals surface area contributed by atoms with Gasteiger partial charge in [-0.1, -0.05) is 0 Å². The lowest BCUT2D eigenvalue weighted by atomic mass is 10.1. The number of aromatic amines is 1. The molecular weight excluding hydrogens is 399 g/mol. The van der Waals surface area contributed by atoms with Gasteiger partial charge in [0, 0.05) is 61.6 Å². The number of hydrogen-bond acceptors (Lipinski definition) is 4. The predicted molar refractivity (Wildman–Crippen MR) is 123 cm³/mol. The molecule has 1 saturated heterocycles. The summed E-state index contributed by atoms with van der Waals surface area (Å²) in [7, 11) is 0. The van der Waals surface area contributed by atoms with E-state index in [0.29, 0.717) is 6.54 Å². The first-order chi connectivity index (χ1) is 14.7. The van der Waals surface area contributed by atoms with Crippen molar-refractivity contribution >= 4 is 33.3 Å². The molecule has 0 radical (unpaired) electrons. The van der Waals surface area contributed by atoms with Gasteiger partial charge in [0.2, 0.25) is 0 Å². The number of benzene rings is 1. The van der Waals surface area contributed by atoms with Crippen molar-refractivity contribution in [1.82, 2.24) is 20.6 Å². The second-order valence-corrected chi connectivity index (χ2v) is 8.34. The van der Waals surface area contributed by atoms with Gasteiger partial charge in [-0.15, -0.1) is 11.3 Å². The minimum Gasteiger partial charge on any atom is -0.361 e. The van der Waals surface area contributed by atoms with Crippen LogP contribution in [0.2, 0.25) is 0 Å². The molecule has 1 fully saturated rings. The van der Waals surface area contributed by atoms with Crippen molar-refractivity contribution in [2.24, 2.45) is 4.99 Å². The second kappa shape index (κ2) is 9.93. The van der Waals surface area contributed by atoms with Gasteiger partial charge in [0.25, 0.3) is 0 Å². The number of aliphatic imine (C=N–C) groups is 1. The average Bonchev–Trinajstić information content (AvgIpc) is 3.49. The van der Waals surface area contributed by atoms with Gasteiger partial charge >= 0.3 is 0 Å². The number of aromatic nitrogens is 2. The number of halogens is 1. The largest absolute Gasteiger partial charge is 0.361 e. The van der Waals surface area contributed by atoms with Crippen LogP contribution in [0, 0.1) is 5.82 Å². The van der Waals surface area contributed by atoms with Gasteiger partial charge in [-0.2, -0.15) is 0 Å². The van der Waals surface area contributed by atoms with Crippen LogP contribution in [0.4, 0.5) is 9.52 Å². The summed E-state index contributed by atoms with van der Waals surface area (Å²) in [5.74, 6) is 0.597. The van der Waals surface area contributed by atoms with E-state index in [2.05, 4.69) is 37.8 Å². The smallest absolute Gasteiger partial charge is 0.191 e. The van der Waals surface area contributed by atoms with Crippen molar-refractivity contribution < 1.29 is 4.39 Å². The molecule has 3 N–H and O–H groups in total. The molecule has 3 heterocycles. The monoisotopic (exact) mass is 428 g/mol. The summed E-state index contributed by atoms with van der Waals surface area (Å²) >= 11 is 1.74. The molecule has 0 atom stereocenters. The number of H-pyrrole nitrogens is 1. The third kappa shape index (κ3) is 5.11. The van der Waals surface area contributed by atoms with Crippen molar-refractivity contribution in [1.29, 1.82) is 0 Å². The Morgan fingerprint density at radius 1 is 1.27 bits per heavy atom.